The van der Waals surface area contributed by atoms with Crippen LogP contribution in [0.15, 0.2) is 18.2 Å². The first-order valence-electron chi connectivity index (χ1n) is 8.71. The molecule has 1 aromatic rings. The van der Waals surface area contributed by atoms with E-state index < -0.39 is 12.1 Å². The third kappa shape index (κ3) is 4.65. The van der Waals surface area contributed by atoms with Crippen LogP contribution in [0.5, 0.6) is 11.5 Å². The molecule has 1 saturated carbocycles. The number of carbonyl (C=O) groups excluding carboxylic acids is 2. The molecule has 0 radical (unpaired) electrons. The number of rotatable bonds is 5. The van der Waals surface area contributed by atoms with Gasteiger partial charge in [0.05, 0.1) is 7.11 Å². The summed E-state index contributed by atoms with van der Waals surface area (Å²) in [5.41, 5.74) is 0.0000988. The SMILES string of the molecule is COc1ccc(C(=O)O[C@H](C)C(=O)N[C@H]2CCC[C@@H](C)[C@H]2C)c(O)c1. The van der Waals surface area contributed by atoms with Gasteiger partial charge in [-0.2, -0.15) is 0 Å². The zero-order valence-corrected chi connectivity index (χ0v) is 15.2. The van der Waals surface area contributed by atoms with Gasteiger partial charge >= 0.3 is 5.97 Å². The lowest BCUT2D eigenvalue weighted by Crippen LogP contribution is -2.47. The van der Waals surface area contributed by atoms with Gasteiger partial charge in [-0.05, 0) is 37.3 Å². The van der Waals surface area contributed by atoms with E-state index in [0.717, 1.165) is 12.8 Å². The largest absolute Gasteiger partial charge is 0.507 e. The number of hydrogen-bond donors (Lipinski definition) is 2. The Bertz CT molecular complexity index is 630. The number of nitrogens with one attached hydrogen (secondary N) is 1. The molecule has 1 aliphatic rings. The lowest BCUT2D eigenvalue weighted by atomic mass is 9.78. The highest BCUT2D eigenvalue weighted by Crippen LogP contribution is 2.29. The van der Waals surface area contributed by atoms with Crippen molar-refractivity contribution in [2.45, 2.75) is 52.2 Å². The lowest BCUT2D eigenvalue weighted by Gasteiger charge is -2.35. The molecule has 4 atom stereocenters. The number of esters is 1. The number of carbonyl (C=O) groups is 2. The summed E-state index contributed by atoms with van der Waals surface area (Å²) in [6, 6.07) is 4.39. The highest BCUT2D eigenvalue weighted by atomic mass is 16.5. The van der Waals surface area contributed by atoms with Crippen LogP contribution in [-0.2, 0) is 9.53 Å². The number of hydrogen-bond acceptors (Lipinski definition) is 5. The zero-order valence-electron chi connectivity index (χ0n) is 15.2. The lowest BCUT2D eigenvalue weighted by molar-refractivity contribution is -0.130. The molecule has 0 saturated heterocycles. The predicted molar refractivity (Wildman–Crippen MR) is 93.6 cm³/mol. The van der Waals surface area contributed by atoms with Crippen LogP contribution in [-0.4, -0.2) is 36.2 Å². The van der Waals surface area contributed by atoms with Gasteiger partial charge in [-0.1, -0.05) is 26.7 Å². The second kappa shape index (κ2) is 8.23. The molecule has 2 N–H and O–H groups in total. The smallest absolute Gasteiger partial charge is 0.342 e. The van der Waals surface area contributed by atoms with Gasteiger partial charge in [-0.15, -0.1) is 0 Å². The minimum absolute atomic E-state index is 0.0000988. The molecular weight excluding hydrogens is 322 g/mol. The minimum atomic E-state index is -0.932. The molecule has 6 nitrogen and oxygen atoms in total. The summed E-state index contributed by atoms with van der Waals surface area (Å²) in [4.78, 5) is 24.5. The summed E-state index contributed by atoms with van der Waals surface area (Å²) in [6.07, 6.45) is 2.27. The number of phenols is 1. The number of amides is 1. The van der Waals surface area contributed by atoms with Crippen LogP contribution in [0.25, 0.3) is 0 Å². The van der Waals surface area contributed by atoms with Crippen molar-refractivity contribution in [3.05, 3.63) is 23.8 Å². The Morgan fingerprint density at radius 2 is 2.00 bits per heavy atom. The van der Waals surface area contributed by atoms with Gasteiger partial charge in [0.25, 0.3) is 5.91 Å². The number of benzene rings is 1. The van der Waals surface area contributed by atoms with Crippen molar-refractivity contribution in [3.63, 3.8) is 0 Å². The topological polar surface area (TPSA) is 84.9 Å². The van der Waals surface area contributed by atoms with E-state index in [9.17, 15) is 14.7 Å². The Morgan fingerprint density at radius 1 is 1.28 bits per heavy atom. The van der Waals surface area contributed by atoms with E-state index in [1.165, 1.54) is 32.6 Å². The van der Waals surface area contributed by atoms with Crippen molar-refractivity contribution in [1.82, 2.24) is 5.32 Å². The molecule has 1 aromatic carbocycles. The molecule has 25 heavy (non-hydrogen) atoms. The maximum absolute atomic E-state index is 12.3. The van der Waals surface area contributed by atoms with Crippen LogP contribution >= 0.6 is 0 Å². The first-order chi connectivity index (χ1) is 11.8. The second-order valence-electron chi connectivity index (χ2n) is 6.81. The fourth-order valence-electron chi connectivity index (χ4n) is 3.17. The number of phenolic OH excluding ortho intramolecular Hbond substituents is 1. The van der Waals surface area contributed by atoms with Crippen molar-refractivity contribution in [3.8, 4) is 11.5 Å². The van der Waals surface area contributed by atoms with Gasteiger partial charge in [0.15, 0.2) is 6.10 Å². The Kier molecular flexibility index (Phi) is 6.28. The molecule has 0 aliphatic heterocycles. The number of methoxy groups -OCH3 is 1. The molecule has 0 heterocycles. The van der Waals surface area contributed by atoms with E-state index >= 15 is 0 Å². The summed E-state index contributed by atoms with van der Waals surface area (Å²) in [7, 11) is 1.46. The van der Waals surface area contributed by atoms with Crippen molar-refractivity contribution >= 4 is 11.9 Å². The summed E-state index contributed by atoms with van der Waals surface area (Å²) in [6.45, 7) is 5.87. The average molecular weight is 349 g/mol. The average Bonchev–Trinajstić information content (AvgIpc) is 2.58. The van der Waals surface area contributed by atoms with Gasteiger partial charge < -0.3 is 19.9 Å². The minimum Gasteiger partial charge on any atom is -0.507 e. The molecule has 0 spiro atoms. The van der Waals surface area contributed by atoms with E-state index in [4.69, 9.17) is 9.47 Å². The van der Waals surface area contributed by atoms with Crippen LogP contribution in [0.4, 0.5) is 0 Å². The maximum Gasteiger partial charge on any atom is 0.342 e. The first kappa shape index (κ1) is 19.1. The number of aromatic hydroxyl groups is 1. The van der Waals surface area contributed by atoms with Gasteiger partial charge in [-0.25, -0.2) is 4.79 Å². The van der Waals surface area contributed by atoms with Crippen molar-refractivity contribution in [2.24, 2.45) is 11.8 Å². The molecule has 138 valence electrons. The van der Waals surface area contributed by atoms with E-state index in [0.29, 0.717) is 17.6 Å². The highest BCUT2D eigenvalue weighted by molar-refractivity contribution is 5.94. The molecule has 6 heteroatoms. The van der Waals surface area contributed by atoms with Crippen molar-refractivity contribution in [1.29, 1.82) is 0 Å². The standard InChI is InChI=1S/C19H27NO5/c1-11-6-5-7-16(12(11)2)20-18(22)13(3)25-19(23)15-9-8-14(24-4)10-17(15)21/h8-13,16,21H,5-7H2,1-4H3,(H,20,22)/t11-,12-,13-,16+/m1/s1. The molecule has 0 aromatic heterocycles. The summed E-state index contributed by atoms with van der Waals surface area (Å²) >= 11 is 0. The zero-order chi connectivity index (χ0) is 18.6. The third-order valence-electron chi connectivity index (χ3n) is 5.11. The Balaban J connectivity index is 1.95. The van der Waals surface area contributed by atoms with Crippen molar-refractivity contribution in [2.75, 3.05) is 7.11 Å². The normalized spacial score (nSPS) is 24.2. The Labute approximate surface area is 148 Å². The predicted octanol–water partition coefficient (Wildman–Crippen LogP) is 2.89. The highest BCUT2D eigenvalue weighted by Gasteiger charge is 2.30. The van der Waals surface area contributed by atoms with Crippen LogP contribution in [0.2, 0.25) is 0 Å². The van der Waals surface area contributed by atoms with Gasteiger partial charge in [0.1, 0.15) is 17.1 Å². The molecule has 0 bridgehead atoms. The van der Waals surface area contributed by atoms with Gasteiger partial charge in [-0.3, -0.25) is 4.79 Å². The van der Waals surface area contributed by atoms with Gasteiger partial charge in [0, 0.05) is 12.1 Å². The summed E-state index contributed by atoms with van der Waals surface area (Å²) < 4.78 is 10.2. The summed E-state index contributed by atoms with van der Waals surface area (Å²) in [5.74, 6) is 0.0893. The quantitative estimate of drug-likeness (QED) is 0.799. The second-order valence-corrected chi connectivity index (χ2v) is 6.81. The third-order valence-corrected chi connectivity index (χ3v) is 5.11. The Hall–Kier alpha value is -2.24. The van der Waals surface area contributed by atoms with E-state index in [1.54, 1.807) is 6.07 Å². The van der Waals surface area contributed by atoms with Crippen molar-refractivity contribution < 1.29 is 24.2 Å². The molecule has 1 fully saturated rings. The van der Waals surface area contributed by atoms with Gasteiger partial charge in [0.2, 0.25) is 0 Å². The molecule has 2 rings (SSSR count). The number of ether oxygens (including phenoxy) is 2. The molecule has 0 unspecified atom stereocenters. The molecular formula is C19H27NO5. The summed E-state index contributed by atoms with van der Waals surface area (Å²) in [5, 5.41) is 12.9. The monoisotopic (exact) mass is 349 g/mol. The molecule has 1 amide bonds. The van der Waals surface area contributed by atoms with E-state index in [1.807, 2.05) is 0 Å². The Morgan fingerprint density at radius 3 is 2.64 bits per heavy atom. The van der Waals surface area contributed by atoms with Crippen LogP contribution < -0.4 is 10.1 Å². The van der Waals surface area contributed by atoms with Crippen LogP contribution in [0.3, 0.4) is 0 Å². The first-order valence-corrected chi connectivity index (χ1v) is 8.71. The molecule has 1 aliphatic carbocycles. The fraction of sp³-hybridized carbons (Fsp3) is 0.579. The van der Waals surface area contributed by atoms with E-state index in [2.05, 4.69) is 19.2 Å². The van der Waals surface area contributed by atoms with Crippen LogP contribution in [0.1, 0.15) is 50.4 Å². The van der Waals surface area contributed by atoms with Crippen LogP contribution in [0, 0.1) is 11.8 Å². The fourth-order valence-corrected chi connectivity index (χ4v) is 3.17. The van der Waals surface area contributed by atoms with E-state index in [-0.39, 0.29) is 23.3 Å². The maximum atomic E-state index is 12.3.